The van der Waals surface area contributed by atoms with Gasteiger partial charge >= 0.3 is 0 Å². The minimum atomic E-state index is -3.54. The van der Waals surface area contributed by atoms with Gasteiger partial charge in [0.05, 0.1) is 0 Å². The maximum absolute atomic E-state index is 12.2. The third-order valence-electron chi connectivity index (χ3n) is 3.76. The molecule has 1 N–H and O–H groups in total. The van der Waals surface area contributed by atoms with Gasteiger partial charge in [-0.05, 0) is 36.6 Å². The molecule has 5 nitrogen and oxygen atoms in total. The standard InChI is InChI=1S/C18H24N2O3S/c1-4-6-7-15(5-2)18(21)20-16-10-8-14(9-11-16)12-17(13-19)24(3,22)23/h8-12,15H,4-7H2,1-3H3,(H,20,21). The molecule has 1 rings (SSSR count). The fraction of sp³-hybridized carbons (Fsp3) is 0.444. The second kappa shape index (κ2) is 9.24. The van der Waals surface area contributed by atoms with E-state index in [2.05, 4.69) is 12.2 Å². The lowest BCUT2D eigenvalue weighted by Crippen LogP contribution is -2.22. The first-order chi connectivity index (χ1) is 11.3. The number of unbranched alkanes of at least 4 members (excludes halogenated alkanes) is 1. The maximum atomic E-state index is 12.2. The van der Waals surface area contributed by atoms with Crippen LogP contribution in [0.1, 0.15) is 45.1 Å². The van der Waals surface area contributed by atoms with Gasteiger partial charge in [-0.1, -0.05) is 38.8 Å². The van der Waals surface area contributed by atoms with Gasteiger partial charge in [-0.25, -0.2) is 8.42 Å². The summed E-state index contributed by atoms with van der Waals surface area (Å²) in [6.45, 7) is 4.10. The van der Waals surface area contributed by atoms with E-state index in [1.807, 2.05) is 6.92 Å². The summed E-state index contributed by atoms with van der Waals surface area (Å²) in [4.78, 5) is 12.0. The van der Waals surface area contributed by atoms with Crippen molar-refractivity contribution in [1.29, 1.82) is 5.26 Å². The van der Waals surface area contributed by atoms with Crippen molar-refractivity contribution in [3.05, 3.63) is 34.7 Å². The Morgan fingerprint density at radius 3 is 2.38 bits per heavy atom. The molecule has 0 saturated heterocycles. The maximum Gasteiger partial charge on any atom is 0.227 e. The third-order valence-corrected chi connectivity index (χ3v) is 4.76. The predicted octanol–water partition coefficient (Wildman–Crippen LogP) is 3.75. The molecule has 0 heterocycles. The molecule has 0 aliphatic heterocycles. The summed E-state index contributed by atoms with van der Waals surface area (Å²) in [6, 6.07) is 8.43. The van der Waals surface area contributed by atoms with Crippen LogP contribution in [0.5, 0.6) is 0 Å². The summed E-state index contributed by atoms with van der Waals surface area (Å²) in [5.74, 6) is 0.00282. The molecular formula is C18H24N2O3S. The van der Waals surface area contributed by atoms with Gasteiger partial charge in [0.2, 0.25) is 5.91 Å². The number of amides is 1. The van der Waals surface area contributed by atoms with Crippen LogP contribution in [-0.4, -0.2) is 20.6 Å². The fourth-order valence-electron chi connectivity index (χ4n) is 2.25. The zero-order valence-electron chi connectivity index (χ0n) is 14.4. The fourth-order valence-corrected chi connectivity index (χ4v) is 2.77. The van der Waals surface area contributed by atoms with Crippen molar-refractivity contribution in [2.45, 2.75) is 39.5 Å². The lowest BCUT2D eigenvalue weighted by molar-refractivity contribution is -0.120. The van der Waals surface area contributed by atoms with Crippen LogP contribution in [0.3, 0.4) is 0 Å². The number of allylic oxidation sites excluding steroid dienone is 1. The Hall–Kier alpha value is -2.13. The molecule has 0 aromatic heterocycles. The van der Waals surface area contributed by atoms with Crippen molar-refractivity contribution < 1.29 is 13.2 Å². The molecule has 24 heavy (non-hydrogen) atoms. The number of nitriles is 1. The highest BCUT2D eigenvalue weighted by atomic mass is 32.2. The van der Waals surface area contributed by atoms with E-state index in [1.54, 1.807) is 30.3 Å². The van der Waals surface area contributed by atoms with Gasteiger partial charge in [-0.15, -0.1) is 0 Å². The Labute approximate surface area is 144 Å². The Kier molecular flexibility index (Phi) is 7.66. The van der Waals surface area contributed by atoms with Crippen LogP contribution in [0.15, 0.2) is 29.2 Å². The van der Waals surface area contributed by atoms with E-state index in [0.29, 0.717) is 11.3 Å². The largest absolute Gasteiger partial charge is 0.326 e. The van der Waals surface area contributed by atoms with Crippen LogP contribution >= 0.6 is 0 Å². The van der Waals surface area contributed by atoms with E-state index >= 15 is 0 Å². The van der Waals surface area contributed by atoms with E-state index in [-0.39, 0.29) is 16.7 Å². The molecule has 0 fully saturated rings. The normalized spacial score (nSPS) is 13.2. The summed E-state index contributed by atoms with van der Waals surface area (Å²) >= 11 is 0. The number of sulfone groups is 1. The predicted molar refractivity (Wildman–Crippen MR) is 96.8 cm³/mol. The zero-order chi connectivity index (χ0) is 18.2. The van der Waals surface area contributed by atoms with Gasteiger partial charge in [-0.3, -0.25) is 4.79 Å². The summed E-state index contributed by atoms with van der Waals surface area (Å²) in [5, 5.41) is 11.8. The van der Waals surface area contributed by atoms with E-state index in [4.69, 9.17) is 5.26 Å². The number of carbonyl (C=O) groups excluding carboxylic acids is 1. The van der Waals surface area contributed by atoms with Crippen LogP contribution in [-0.2, 0) is 14.6 Å². The molecule has 0 radical (unpaired) electrons. The van der Waals surface area contributed by atoms with Crippen molar-refractivity contribution in [1.82, 2.24) is 0 Å². The van der Waals surface area contributed by atoms with Crippen molar-refractivity contribution >= 4 is 27.5 Å². The number of nitrogens with one attached hydrogen (secondary N) is 1. The van der Waals surface area contributed by atoms with E-state index < -0.39 is 9.84 Å². The molecule has 1 atom stereocenters. The first-order valence-electron chi connectivity index (χ1n) is 8.04. The Bertz CT molecular complexity index is 729. The average Bonchev–Trinajstić information content (AvgIpc) is 2.53. The molecule has 1 amide bonds. The minimum absolute atomic E-state index is 0.0000479. The van der Waals surface area contributed by atoms with Gasteiger partial charge in [0, 0.05) is 17.9 Å². The second-order valence-corrected chi connectivity index (χ2v) is 7.74. The number of anilines is 1. The minimum Gasteiger partial charge on any atom is -0.326 e. The first kappa shape index (κ1) is 19.9. The van der Waals surface area contributed by atoms with Crippen LogP contribution in [0.2, 0.25) is 0 Å². The summed E-state index contributed by atoms with van der Waals surface area (Å²) in [6.07, 6.45) is 6.07. The molecule has 1 aromatic rings. The number of carbonyl (C=O) groups is 1. The molecule has 6 heteroatoms. The number of benzene rings is 1. The molecule has 0 bridgehead atoms. The zero-order valence-corrected chi connectivity index (χ0v) is 15.2. The molecule has 1 unspecified atom stereocenters. The van der Waals surface area contributed by atoms with E-state index in [0.717, 1.165) is 31.9 Å². The molecule has 130 valence electrons. The van der Waals surface area contributed by atoms with E-state index in [9.17, 15) is 13.2 Å². The molecule has 0 aliphatic carbocycles. The summed E-state index contributed by atoms with van der Waals surface area (Å²) in [7, 11) is -3.54. The van der Waals surface area contributed by atoms with Crippen LogP contribution < -0.4 is 5.32 Å². The van der Waals surface area contributed by atoms with Crippen LogP contribution in [0.25, 0.3) is 6.08 Å². The average molecular weight is 348 g/mol. The van der Waals surface area contributed by atoms with Gasteiger partial charge in [0.1, 0.15) is 11.0 Å². The van der Waals surface area contributed by atoms with Crippen LogP contribution in [0, 0.1) is 17.2 Å². The van der Waals surface area contributed by atoms with Crippen molar-refractivity contribution in [3.8, 4) is 6.07 Å². The molecule has 0 saturated carbocycles. The lowest BCUT2D eigenvalue weighted by atomic mass is 9.98. The van der Waals surface area contributed by atoms with Crippen molar-refractivity contribution in [2.24, 2.45) is 5.92 Å². The van der Waals surface area contributed by atoms with Crippen molar-refractivity contribution in [2.75, 3.05) is 11.6 Å². The SMILES string of the molecule is CCCCC(CC)C(=O)Nc1ccc(C=C(C#N)S(C)(=O)=O)cc1. The number of nitrogens with zero attached hydrogens (tertiary/aromatic N) is 1. The number of hydrogen-bond donors (Lipinski definition) is 1. The monoisotopic (exact) mass is 348 g/mol. The number of rotatable bonds is 8. The lowest BCUT2D eigenvalue weighted by Gasteiger charge is -2.14. The Morgan fingerprint density at radius 1 is 1.29 bits per heavy atom. The van der Waals surface area contributed by atoms with Gasteiger partial charge in [0.15, 0.2) is 9.84 Å². The molecule has 0 aliphatic rings. The van der Waals surface area contributed by atoms with Crippen LogP contribution in [0.4, 0.5) is 5.69 Å². The summed E-state index contributed by atoms with van der Waals surface area (Å²) in [5.41, 5.74) is 1.25. The second-order valence-electron chi connectivity index (χ2n) is 5.75. The molecule has 1 aromatic carbocycles. The summed E-state index contributed by atoms with van der Waals surface area (Å²) < 4.78 is 22.9. The highest BCUT2D eigenvalue weighted by molar-refractivity contribution is 7.95. The van der Waals surface area contributed by atoms with Crippen molar-refractivity contribution in [3.63, 3.8) is 0 Å². The smallest absolute Gasteiger partial charge is 0.227 e. The molecule has 0 spiro atoms. The third kappa shape index (κ3) is 6.17. The highest BCUT2D eigenvalue weighted by Gasteiger charge is 2.16. The van der Waals surface area contributed by atoms with Gasteiger partial charge in [-0.2, -0.15) is 5.26 Å². The van der Waals surface area contributed by atoms with Gasteiger partial charge < -0.3 is 5.32 Å². The first-order valence-corrected chi connectivity index (χ1v) is 9.93. The van der Waals surface area contributed by atoms with E-state index in [1.165, 1.54) is 6.08 Å². The number of hydrogen-bond acceptors (Lipinski definition) is 4. The Balaban J connectivity index is 2.83. The Morgan fingerprint density at radius 2 is 1.92 bits per heavy atom. The quantitative estimate of drug-likeness (QED) is 0.725. The molecular weight excluding hydrogens is 324 g/mol. The highest BCUT2D eigenvalue weighted by Crippen LogP contribution is 2.18. The van der Waals surface area contributed by atoms with Gasteiger partial charge in [0.25, 0.3) is 0 Å². The topological polar surface area (TPSA) is 87.0 Å².